The van der Waals surface area contributed by atoms with Crippen molar-refractivity contribution >= 4 is 34.8 Å². The number of thioether (sulfide) groups is 1. The molecule has 0 saturated heterocycles. The third-order valence-corrected chi connectivity index (χ3v) is 4.35. The number of rotatable bonds is 5. The maximum absolute atomic E-state index is 5.87. The quantitative estimate of drug-likeness (QED) is 0.845. The van der Waals surface area contributed by atoms with Gasteiger partial charge in [0.2, 0.25) is 0 Å². The molecule has 0 radical (unpaired) electrons. The number of hydrogen-bond donors (Lipinski definition) is 1. The highest BCUT2D eigenvalue weighted by atomic mass is 32.2. The highest BCUT2D eigenvalue weighted by molar-refractivity contribution is 7.98. The molecule has 0 bridgehead atoms. The lowest BCUT2D eigenvalue weighted by Gasteiger charge is -2.24. The van der Waals surface area contributed by atoms with Gasteiger partial charge in [-0.15, -0.1) is 0 Å². The van der Waals surface area contributed by atoms with Crippen LogP contribution < -0.4 is 10.6 Å². The zero-order valence-electron chi connectivity index (χ0n) is 11.6. The molecule has 19 heavy (non-hydrogen) atoms. The molecular formula is C14H21N3S2. The highest BCUT2D eigenvalue weighted by Gasteiger charge is 2.18. The maximum Gasteiger partial charge on any atom is 0.138 e. The van der Waals surface area contributed by atoms with E-state index in [0.29, 0.717) is 4.99 Å². The topological polar surface area (TPSA) is 42.2 Å². The van der Waals surface area contributed by atoms with E-state index in [2.05, 4.69) is 24.3 Å². The van der Waals surface area contributed by atoms with E-state index in [4.69, 9.17) is 22.9 Å². The van der Waals surface area contributed by atoms with Crippen molar-refractivity contribution in [2.45, 2.75) is 25.7 Å². The van der Waals surface area contributed by atoms with Crippen molar-refractivity contribution in [3.8, 4) is 0 Å². The van der Waals surface area contributed by atoms with Crippen LogP contribution in [0.4, 0.5) is 5.82 Å². The van der Waals surface area contributed by atoms with E-state index in [1.807, 2.05) is 11.8 Å². The predicted molar refractivity (Wildman–Crippen MR) is 88.4 cm³/mol. The van der Waals surface area contributed by atoms with E-state index in [1.165, 1.54) is 24.1 Å². The number of anilines is 1. The summed E-state index contributed by atoms with van der Waals surface area (Å²) < 4.78 is 0. The molecule has 0 aliphatic heterocycles. The van der Waals surface area contributed by atoms with Gasteiger partial charge in [0.15, 0.2) is 0 Å². The normalized spacial score (nSPS) is 14.0. The first kappa shape index (κ1) is 14.6. The van der Waals surface area contributed by atoms with Gasteiger partial charge in [0.05, 0.1) is 5.56 Å². The molecule has 1 aromatic rings. The number of pyridine rings is 1. The average Bonchev–Trinajstić information content (AvgIpc) is 2.43. The molecule has 0 amide bonds. The molecule has 1 heterocycles. The number of hydrogen-bond acceptors (Lipinski definition) is 4. The number of nitrogens with zero attached hydrogens (tertiary/aromatic N) is 2. The minimum absolute atomic E-state index is 0.451. The molecule has 0 unspecified atom stereocenters. The molecular weight excluding hydrogens is 274 g/mol. The van der Waals surface area contributed by atoms with E-state index in [1.54, 1.807) is 0 Å². The molecule has 3 nitrogen and oxygen atoms in total. The van der Waals surface area contributed by atoms with E-state index in [9.17, 15) is 0 Å². The first-order chi connectivity index (χ1) is 9.13. The first-order valence-corrected chi connectivity index (χ1v) is 8.46. The summed E-state index contributed by atoms with van der Waals surface area (Å²) in [4.78, 5) is 7.45. The molecule has 1 aliphatic carbocycles. The van der Waals surface area contributed by atoms with Gasteiger partial charge in [-0.1, -0.05) is 12.2 Å². The van der Waals surface area contributed by atoms with Crippen LogP contribution in [0.3, 0.4) is 0 Å². The summed E-state index contributed by atoms with van der Waals surface area (Å²) in [6.45, 7) is 0.961. The summed E-state index contributed by atoms with van der Waals surface area (Å²) in [5, 5.41) is 0. The van der Waals surface area contributed by atoms with Gasteiger partial charge in [-0.2, -0.15) is 11.8 Å². The zero-order valence-corrected chi connectivity index (χ0v) is 13.2. The van der Waals surface area contributed by atoms with Crippen LogP contribution in [-0.4, -0.2) is 35.6 Å². The van der Waals surface area contributed by atoms with Crippen LogP contribution in [0.5, 0.6) is 0 Å². The molecule has 5 heteroatoms. The molecule has 0 aromatic carbocycles. The van der Waals surface area contributed by atoms with Gasteiger partial charge in [0.1, 0.15) is 10.8 Å². The van der Waals surface area contributed by atoms with Crippen molar-refractivity contribution in [1.29, 1.82) is 0 Å². The van der Waals surface area contributed by atoms with Crippen LogP contribution in [-0.2, 0) is 12.8 Å². The van der Waals surface area contributed by atoms with Gasteiger partial charge in [0.25, 0.3) is 0 Å². The Kier molecular flexibility index (Phi) is 5.05. The molecule has 0 spiro atoms. The van der Waals surface area contributed by atoms with Crippen LogP contribution >= 0.6 is 24.0 Å². The third kappa shape index (κ3) is 3.39. The minimum Gasteiger partial charge on any atom is -0.389 e. The highest BCUT2D eigenvalue weighted by Crippen LogP contribution is 2.26. The van der Waals surface area contributed by atoms with Crippen molar-refractivity contribution in [2.75, 3.05) is 30.5 Å². The Balaban J connectivity index is 2.36. The van der Waals surface area contributed by atoms with Gasteiger partial charge < -0.3 is 10.6 Å². The molecule has 0 atom stereocenters. The largest absolute Gasteiger partial charge is 0.389 e. The summed E-state index contributed by atoms with van der Waals surface area (Å²) in [7, 11) is 2.07. The molecule has 0 fully saturated rings. The fourth-order valence-corrected chi connectivity index (χ4v) is 3.04. The Morgan fingerprint density at radius 2 is 2.21 bits per heavy atom. The first-order valence-electron chi connectivity index (χ1n) is 6.66. The Hall–Kier alpha value is -0.810. The Morgan fingerprint density at radius 3 is 2.89 bits per heavy atom. The second-order valence-electron chi connectivity index (χ2n) is 4.95. The van der Waals surface area contributed by atoms with Gasteiger partial charge in [-0.25, -0.2) is 4.98 Å². The van der Waals surface area contributed by atoms with Crippen LogP contribution in [0, 0.1) is 0 Å². The van der Waals surface area contributed by atoms with E-state index < -0.39 is 0 Å². The van der Waals surface area contributed by atoms with E-state index >= 15 is 0 Å². The average molecular weight is 295 g/mol. The van der Waals surface area contributed by atoms with E-state index in [-0.39, 0.29) is 0 Å². The zero-order chi connectivity index (χ0) is 13.8. The van der Waals surface area contributed by atoms with Crippen molar-refractivity contribution in [3.05, 3.63) is 22.9 Å². The summed E-state index contributed by atoms with van der Waals surface area (Å²) in [6, 6.07) is 2.16. The van der Waals surface area contributed by atoms with Crippen LogP contribution in [0.1, 0.15) is 29.7 Å². The van der Waals surface area contributed by atoms with E-state index in [0.717, 1.165) is 36.5 Å². The van der Waals surface area contributed by atoms with Crippen LogP contribution in [0.2, 0.25) is 0 Å². The van der Waals surface area contributed by atoms with Crippen molar-refractivity contribution in [1.82, 2.24) is 4.98 Å². The predicted octanol–water partition coefficient (Wildman–Crippen LogP) is 2.39. The van der Waals surface area contributed by atoms with Crippen molar-refractivity contribution < 1.29 is 0 Å². The number of nitrogens with two attached hydrogens (primary N) is 1. The van der Waals surface area contributed by atoms with Gasteiger partial charge in [-0.05, 0) is 43.6 Å². The summed E-state index contributed by atoms with van der Waals surface area (Å²) >= 11 is 7.03. The molecule has 2 rings (SSSR count). The smallest absolute Gasteiger partial charge is 0.138 e. The van der Waals surface area contributed by atoms with Gasteiger partial charge >= 0.3 is 0 Å². The number of fused-ring (bicyclic) bond motifs is 1. The lowest BCUT2D eigenvalue weighted by atomic mass is 9.94. The summed E-state index contributed by atoms with van der Waals surface area (Å²) in [5.74, 6) is 2.02. The fraction of sp³-hybridized carbons (Fsp3) is 0.571. The summed E-state index contributed by atoms with van der Waals surface area (Å²) in [5.41, 5.74) is 9.37. The lowest BCUT2D eigenvalue weighted by Crippen LogP contribution is -2.26. The number of thiocarbonyl (C=S) groups is 1. The number of aryl methyl sites for hydroxylation is 2. The monoisotopic (exact) mass is 295 g/mol. The molecule has 2 N–H and O–H groups in total. The van der Waals surface area contributed by atoms with Gasteiger partial charge in [-0.3, -0.25) is 0 Å². The Labute approximate surface area is 125 Å². The summed E-state index contributed by atoms with van der Waals surface area (Å²) in [6.07, 6.45) is 6.78. The van der Waals surface area contributed by atoms with Crippen LogP contribution in [0.25, 0.3) is 0 Å². The van der Waals surface area contributed by atoms with Gasteiger partial charge in [0, 0.05) is 25.0 Å². The Morgan fingerprint density at radius 1 is 1.47 bits per heavy atom. The second kappa shape index (κ2) is 6.57. The van der Waals surface area contributed by atoms with Crippen molar-refractivity contribution in [3.63, 3.8) is 0 Å². The standard InChI is InChI=1S/C14H21N3S2/c1-17(7-8-19-2)14-11(13(15)18)9-10-5-3-4-6-12(10)16-14/h9H,3-8H2,1-2H3,(H2,15,18). The molecule has 1 aliphatic rings. The minimum atomic E-state index is 0.451. The molecule has 1 aromatic heterocycles. The maximum atomic E-state index is 5.87. The Bertz CT molecular complexity index is 474. The molecule has 0 saturated carbocycles. The fourth-order valence-electron chi connectivity index (χ4n) is 2.43. The second-order valence-corrected chi connectivity index (χ2v) is 6.38. The SMILES string of the molecule is CSCCN(C)c1nc2c(cc1C(N)=S)CCCC2. The van der Waals surface area contributed by atoms with Crippen molar-refractivity contribution in [2.24, 2.45) is 5.73 Å². The van der Waals surface area contributed by atoms with Crippen LogP contribution in [0.15, 0.2) is 6.07 Å². The third-order valence-electron chi connectivity index (χ3n) is 3.54. The number of aromatic nitrogens is 1. The molecule has 104 valence electrons. The lowest BCUT2D eigenvalue weighted by molar-refractivity contribution is 0.666.